The van der Waals surface area contributed by atoms with Gasteiger partial charge in [0.25, 0.3) is 0 Å². The topological polar surface area (TPSA) is 76.7 Å². The molecular weight excluding hydrogens is 368 g/mol. The molecule has 2 rings (SSSR count). The number of hydrogen-bond acceptors (Lipinski definition) is 4. The molecule has 0 heterocycles. The van der Waals surface area contributed by atoms with Gasteiger partial charge >= 0.3 is 0 Å². The van der Waals surface area contributed by atoms with Crippen LogP contribution in [-0.2, 0) is 9.59 Å². The Morgan fingerprint density at radius 2 is 1.93 bits per heavy atom. The van der Waals surface area contributed by atoms with E-state index in [0.717, 1.165) is 31.2 Å². The summed E-state index contributed by atoms with van der Waals surface area (Å²) in [5.74, 6) is 0.990. The Balaban J connectivity index is 1.81. The molecule has 148 valence electrons. The molecule has 0 aromatic heterocycles. The second-order valence-electron chi connectivity index (χ2n) is 6.36. The molecule has 27 heavy (non-hydrogen) atoms. The van der Waals surface area contributed by atoms with E-state index in [2.05, 4.69) is 10.6 Å². The van der Waals surface area contributed by atoms with Crippen molar-refractivity contribution in [2.75, 3.05) is 26.8 Å². The number of halogens is 1. The van der Waals surface area contributed by atoms with E-state index in [-0.39, 0.29) is 17.7 Å². The van der Waals surface area contributed by atoms with E-state index in [4.69, 9.17) is 21.1 Å². The van der Waals surface area contributed by atoms with E-state index in [9.17, 15) is 9.59 Å². The van der Waals surface area contributed by atoms with Crippen LogP contribution in [-0.4, -0.2) is 38.6 Å². The fourth-order valence-electron chi connectivity index (χ4n) is 3.08. The molecule has 1 fully saturated rings. The van der Waals surface area contributed by atoms with Crippen molar-refractivity contribution in [1.29, 1.82) is 0 Å². The Morgan fingerprint density at radius 3 is 2.59 bits per heavy atom. The summed E-state index contributed by atoms with van der Waals surface area (Å²) < 4.78 is 10.8. The fourth-order valence-corrected chi connectivity index (χ4v) is 3.38. The first-order chi connectivity index (χ1) is 13.0. The highest BCUT2D eigenvalue weighted by atomic mass is 35.5. The Morgan fingerprint density at radius 1 is 1.22 bits per heavy atom. The molecule has 0 atom stereocenters. The molecule has 7 heteroatoms. The summed E-state index contributed by atoms with van der Waals surface area (Å²) in [7, 11) is 1.53. The minimum absolute atomic E-state index is 0.0913. The maximum Gasteiger partial charge on any atom is 0.244 e. The molecule has 2 N–H and O–H groups in total. The van der Waals surface area contributed by atoms with Gasteiger partial charge in [0.15, 0.2) is 11.5 Å². The Bertz CT molecular complexity index is 685. The molecule has 0 radical (unpaired) electrons. The average Bonchev–Trinajstić information content (AvgIpc) is 3.18. The normalized spacial score (nSPS) is 14.3. The highest BCUT2D eigenvalue weighted by molar-refractivity contribution is 6.32. The number of nitrogens with one attached hydrogen (secondary N) is 2. The summed E-state index contributed by atoms with van der Waals surface area (Å²) >= 11 is 6.19. The summed E-state index contributed by atoms with van der Waals surface area (Å²) in [5, 5.41) is 6.03. The van der Waals surface area contributed by atoms with Gasteiger partial charge < -0.3 is 20.1 Å². The summed E-state index contributed by atoms with van der Waals surface area (Å²) in [6.07, 6.45) is 7.26. The molecular formula is C20H27ClN2O4. The lowest BCUT2D eigenvalue weighted by atomic mass is 10.1. The first-order valence-electron chi connectivity index (χ1n) is 9.29. The highest BCUT2D eigenvalue weighted by Gasteiger charge is 2.21. The van der Waals surface area contributed by atoms with Crippen LogP contribution in [0.1, 0.15) is 38.2 Å². The standard InChI is InChI=1S/C20H27ClN2O4/c1-3-27-17-13-14(12-16(21)19(17)26-2)8-9-18(24)22-10-11-23-20(25)15-6-4-5-7-15/h8-9,12-13,15H,3-7,10-11H2,1-2H3,(H,22,24)(H,23,25)/b9-8+. The zero-order chi connectivity index (χ0) is 19.6. The van der Waals surface area contributed by atoms with Gasteiger partial charge in [0.2, 0.25) is 11.8 Å². The Kier molecular flexibility index (Phi) is 8.45. The lowest BCUT2D eigenvalue weighted by Crippen LogP contribution is -2.36. The molecule has 1 aliphatic rings. The zero-order valence-electron chi connectivity index (χ0n) is 15.8. The first kappa shape index (κ1) is 21.1. The second kappa shape index (κ2) is 10.8. The van der Waals surface area contributed by atoms with Gasteiger partial charge in [-0.15, -0.1) is 0 Å². The van der Waals surface area contributed by atoms with Gasteiger partial charge in [-0.1, -0.05) is 24.4 Å². The quantitative estimate of drug-likeness (QED) is 0.498. The Labute approximate surface area is 165 Å². The summed E-state index contributed by atoms with van der Waals surface area (Å²) in [6, 6.07) is 3.47. The minimum atomic E-state index is -0.241. The maximum atomic E-state index is 11.9. The number of hydrogen-bond donors (Lipinski definition) is 2. The van der Waals surface area contributed by atoms with Crippen LogP contribution in [0, 0.1) is 5.92 Å². The van der Waals surface area contributed by atoms with Crippen LogP contribution in [0.3, 0.4) is 0 Å². The number of carbonyl (C=O) groups excluding carboxylic acids is 2. The minimum Gasteiger partial charge on any atom is -0.491 e. The van der Waals surface area contributed by atoms with Crippen molar-refractivity contribution in [3.8, 4) is 11.5 Å². The zero-order valence-corrected chi connectivity index (χ0v) is 16.6. The summed E-state index contributed by atoms with van der Waals surface area (Å²) in [5.41, 5.74) is 0.730. The van der Waals surface area contributed by atoms with E-state index in [1.807, 2.05) is 6.92 Å². The second-order valence-corrected chi connectivity index (χ2v) is 6.77. The monoisotopic (exact) mass is 394 g/mol. The van der Waals surface area contributed by atoms with E-state index < -0.39 is 0 Å². The number of methoxy groups -OCH3 is 1. The third-order valence-corrected chi connectivity index (χ3v) is 4.69. The van der Waals surface area contributed by atoms with Gasteiger partial charge in [-0.3, -0.25) is 9.59 Å². The smallest absolute Gasteiger partial charge is 0.244 e. The maximum absolute atomic E-state index is 11.9. The van der Waals surface area contributed by atoms with Crippen LogP contribution in [0.25, 0.3) is 6.08 Å². The molecule has 0 saturated heterocycles. The van der Waals surface area contributed by atoms with Crippen molar-refractivity contribution >= 4 is 29.5 Å². The van der Waals surface area contributed by atoms with Crippen LogP contribution < -0.4 is 20.1 Å². The van der Waals surface area contributed by atoms with Crippen LogP contribution >= 0.6 is 11.6 Å². The molecule has 1 saturated carbocycles. The van der Waals surface area contributed by atoms with Crippen molar-refractivity contribution in [3.63, 3.8) is 0 Å². The predicted octanol–water partition coefficient (Wildman–Crippen LogP) is 3.18. The third-order valence-electron chi connectivity index (χ3n) is 4.41. The Hall–Kier alpha value is -2.21. The van der Waals surface area contributed by atoms with Crippen LogP contribution in [0.5, 0.6) is 11.5 Å². The van der Waals surface area contributed by atoms with Gasteiger partial charge in [0, 0.05) is 25.1 Å². The molecule has 0 unspecified atom stereocenters. The molecule has 6 nitrogen and oxygen atoms in total. The molecule has 1 aliphatic carbocycles. The van der Waals surface area contributed by atoms with Crippen LogP contribution in [0.15, 0.2) is 18.2 Å². The van der Waals surface area contributed by atoms with E-state index in [0.29, 0.717) is 36.2 Å². The van der Waals surface area contributed by atoms with Crippen molar-refractivity contribution in [3.05, 3.63) is 28.8 Å². The number of benzene rings is 1. The molecule has 0 bridgehead atoms. The third kappa shape index (κ3) is 6.47. The van der Waals surface area contributed by atoms with Crippen molar-refractivity contribution in [2.24, 2.45) is 5.92 Å². The van der Waals surface area contributed by atoms with Gasteiger partial charge in [-0.2, -0.15) is 0 Å². The lowest BCUT2D eigenvalue weighted by molar-refractivity contribution is -0.125. The van der Waals surface area contributed by atoms with Gasteiger partial charge in [-0.05, 0) is 43.5 Å². The largest absolute Gasteiger partial charge is 0.491 e. The van der Waals surface area contributed by atoms with Crippen molar-refractivity contribution in [1.82, 2.24) is 10.6 Å². The number of ether oxygens (including phenoxy) is 2. The molecule has 0 spiro atoms. The molecule has 1 aromatic carbocycles. The predicted molar refractivity (Wildman–Crippen MR) is 106 cm³/mol. The average molecular weight is 395 g/mol. The fraction of sp³-hybridized carbons (Fsp3) is 0.500. The summed E-state index contributed by atoms with van der Waals surface area (Å²) in [6.45, 7) is 3.16. The van der Waals surface area contributed by atoms with Crippen LogP contribution in [0.4, 0.5) is 0 Å². The SMILES string of the molecule is CCOc1cc(/C=C/C(=O)NCCNC(=O)C2CCCC2)cc(Cl)c1OC. The molecule has 2 amide bonds. The van der Waals surface area contributed by atoms with E-state index >= 15 is 0 Å². The van der Waals surface area contributed by atoms with Gasteiger partial charge in [-0.25, -0.2) is 0 Å². The van der Waals surface area contributed by atoms with Gasteiger partial charge in [0.05, 0.1) is 18.7 Å². The number of rotatable bonds is 9. The van der Waals surface area contributed by atoms with Gasteiger partial charge in [0.1, 0.15) is 0 Å². The highest BCUT2D eigenvalue weighted by Crippen LogP contribution is 2.36. The first-order valence-corrected chi connectivity index (χ1v) is 9.67. The number of carbonyl (C=O) groups is 2. The van der Waals surface area contributed by atoms with E-state index in [1.165, 1.54) is 13.2 Å². The molecule has 1 aromatic rings. The van der Waals surface area contributed by atoms with E-state index in [1.54, 1.807) is 18.2 Å². The molecule has 0 aliphatic heterocycles. The van der Waals surface area contributed by atoms with Crippen LogP contribution in [0.2, 0.25) is 5.02 Å². The summed E-state index contributed by atoms with van der Waals surface area (Å²) in [4.78, 5) is 23.8. The number of amides is 2. The van der Waals surface area contributed by atoms with Crippen molar-refractivity contribution in [2.45, 2.75) is 32.6 Å². The lowest BCUT2D eigenvalue weighted by Gasteiger charge is -2.12. The van der Waals surface area contributed by atoms with Crippen molar-refractivity contribution < 1.29 is 19.1 Å².